The number of benzene rings is 1. The van der Waals surface area contributed by atoms with E-state index >= 15 is 0 Å². The summed E-state index contributed by atoms with van der Waals surface area (Å²) in [5.74, 6) is 0.398. The van der Waals surface area contributed by atoms with Crippen LogP contribution in [-0.2, 0) is 4.74 Å². The number of ether oxygens (including phenoxy) is 1. The lowest BCUT2D eigenvalue weighted by Crippen LogP contribution is -2.17. The standard InChI is InChI=1S/C16H21NO2/c1-2-19-16(18)14-10-6-7-11-15(14)17-12-13-8-4-3-5-9-13/h3-4,6-7,10-11,13,17H,2,5,8-9,12H2,1H3. The Labute approximate surface area is 114 Å². The predicted octanol–water partition coefficient (Wildman–Crippen LogP) is 3.63. The third-order valence-electron chi connectivity index (χ3n) is 3.38. The second kappa shape index (κ2) is 6.98. The van der Waals surface area contributed by atoms with E-state index in [0.29, 0.717) is 18.1 Å². The van der Waals surface area contributed by atoms with E-state index in [-0.39, 0.29) is 5.97 Å². The average Bonchev–Trinajstić information content (AvgIpc) is 2.47. The molecule has 19 heavy (non-hydrogen) atoms. The summed E-state index contributed by atoms with van der Waals surface area (Å²) in [5.41, 5.74) is 1.49. The molecule has 0 saturated heterocycles. The van der Waals surface area contributed by atoms with Crippen molar-refractivity contribution in [1.29, 1.82) is 0 Å². The maximum Gasteiger partial charge on any atom is 0.340 e. The summed E-state index contributed by atoms with van der Waals surface area (Å²) in [5, 5.41) is 3.39. The van der Waals surface area contributed by atoms with E-state index < -0.39 is 0 Å². The van der Waals surface area contributed by atoms with E-state index in [1.165, 1.54) is 6.42 Å². The minimum Gasteiger partial charge on any atom is -0.462 e. The van der Waals surface area contributed by atoms with Crippen LogP contribution in [0.5, 0.6) is 0 Å². The number of nitrogens with one attached hydrogen (secondary N) is 1. The van der Waals surface area contributed by atoms with Crippen LogP contribution in [-0.4, -0.2) is 19.1 Å². The van der Waals surface area contributed by atoms with Gasteiger partial charge in [0.25, 0.3) is 0 Å². The molecule has 1 atom stereocenters. The second-order valence-electron chi connectivity index (χ2n) is 4.80. The van der Waals surface area contributed by atoms with Crippen molar-refractivity contribution >= 4 is 11.7 Å². The molecule has 3 heteroatoms. The molecular weight excluding hydrogens is 238 g/mol. The van der Waals surface area contributed by atoms with Crippen LogP contribution in [0.2, 0.25) is 0 Å². The molecule has 0 aliphatic heterocycles. The van der Waals surface area contributed by atoms with Crippen molar-refractivity contribution in [2.45, 2.75) is 26.2 Å². The quantitative estimate of drug-likeness (QED) is 0.648. The number of hydrogen-bond donors (Lipinski definition) is 1. The van der Waals surface area contributed by atoms with Crippen molar-refractivity contribution in [2.75, 3.05) is 18.5 Å². The molecule has 102 valence electrons. The molecule has 0 saturated carbocycles. The van der Waals surface area contributed by atoms with Crippen molar-refractivity contribution in [3.63, 3.8) is 0 Å². The topological polar surface area (TPSA) is 38.3 Å². The SMILES string of the molecule is CCOC(=O)c1ccccc1NCC1CC=CCC1. The van der Waals surface area contributed by atoms with Crippen LogP contribution in [0, 0.1) is 5.92 Å². The largest absolute Gasteiger partial charge is 0.462 e. The van der Waals surface area contributed by atoms with E-state index in [4.69, 9.17) is 4.74 Å². The molecule has 2 rings (SSSR count). The van der Waals surface area contributed by atoms with Gasteiger partial charge in [0.05, 0.1) is 12.2 Å². The molecule has 0 heterocycles. The van der Waals surface area contributed by atoms with Gasteiger partial charge in [-0.1, -0.05) is 24.3 Å². The fourth-order valence-corrected chi connectivity index (χ4v) is 2.32. The highest BCUT2D eigenvalue weighted by atomic mass is 16.5. The molecule has 0 amide bonds. The number of allylic oxidation sites excluding steroid dienone is 2. The van der Waals surface area contributed by atoms with E-state index in [2.05, 4.69) is 17.5 Å². The zero-order valence-electron chi connectivity index (χ0n) is 11.4. The van der Waals surface area contributed by atoms with E-state index in [1.54, 1.807) is 6.07 Å². The van der Waals surface area contributed by atoms with E-state index in [1.807, 2.05) is 25.1 Å². The van der Waals surface area contributed by atoms with E-state index in [9.17, 15) is 4.79 Å². The molecule has 1 aromatic rings. The van der Waals surface area contributed by atoms with Crippen LogP contribution in [0.25, 0.3) is 0 Å². The first kappa shape index (κ1) is 13.7. The van der Waals surface area contributed by atoms with Crippen molar-refractivity contribution in [1.82, 2.24) is 0 Å². The molecule has 3 nitrogen and oxygen atoms in total. The van der Waals surface area contributed by atoms with Crippen LogP contribution in [0.4, 0.5) is 5.69 Å². The van der Waals surface area contributed by atoms with Crippen LogP contribution in [0.15, 0.2) is 36.4 Å². The predicted molar refractivity (Wildman–Crippen MR) is 77.4 cm³/mol. The van der Waals surface area contributed by atoms with Crippen molar-refractivity contribution in [3.05, 3.63) is 42.0 Å². The molecule has 0 fully saturated rings. The van der Waals surface area contributed by atoms with Crippen molar-refractivity contribution in [2.24, 2.45) is 5.92 Å². The lowest BCUT2D eigenvalue weighted by Gasteiger charge is -2.19. The van der Waals surface area contributed by atoms with Gasteiger partial charge in [-0.3, -0.25) is 0 Å². The Balaban J connectivity index is 1.99. The Morgan fingerprint density at radius 3 is 2.95 bits per heavy atom. The van der Waals surface area contributed by atoms with Gasteiger partial charge in [0.1, 0.15) is 0 Å². The molecule has 0 aromatic heterocycles. The van der Waals surface area contributed by atoms with Gasteiger partial charge in [0.15, 0.2) is 0 Å². The zero-order valence-corrected chi connectivity index (χ0v) is 11.4. The van der Waals surface area contributed by atoms with Crippen molar-refractivity contribution < 1.29 is 9.53 Å². The summed E-state index contributed by atoms with van der Waals surface area (Å²) in [6.07, 6.45) is 7.97. The highest BCUT2D eigenvalue weighted by Gasteiger charge is 2.14. The molecule has 0 spiro atoms. The summed E-state index contributed by atoms with van der Waals surface area (Å²) >= 11 is 0. The number of anilines is 1. The minimum absolute atomic E-state index is 0.255. The number of carbonyl (C=O) groups excluding carboxylic acids is 1. The zero-order chi connectivity index (χ0) is 13.5. The Morgan fingerprint density at radius 2 is 2.21 bits per heavy atom. The Morgan fingerprint density at radius 1 is 1.37 bits per heavy atom. The Kier molecular flexibility index (Phi) is 5.01. The lowest BCUT2D eigenvalue weighted by molar-refractivity contribution is 0.0527. The van der Waals surface area contributed by atoms with Gasteiger partial charge in [-0.2, -0.15) is 0 Å². The van der Waals surface area contributed by atoms with Gasteiger partial charge in [0.2, 0.25) is 0 Å². The van der Waals surface area contributed by atoms with Crippen LogP contribution in [0.1, 0.15) is 36.5 Å². The van der Waals surface area contributed by atoms with E-state index in [0.717, 1.165) is 25.1 Å². The molecule has 0 radical (unpaired) electrons. The molecule has 1 unspecified atom stereocenters. The molecular formula is C16H21NO2. The van der Waals surface area contributed by atoms with Crippen LogP contribution < -0.4 is 5.32 Å². The first-order valence-electron chi connectivity index (χ1n) is 6.96. The number of carbonyl (C=O) groups is 1. The average molecular weight is 259 g/mol. The molecule has 1 aliphatic carbocycles. The van der Waals surface area contributed by atoms with Gasteiger partial charge < -0.3 is 10.1 Å². The van der Waals surface area contributed by atoms with Crippen LogP contribution in [0.3, 0.4) is 0 Å². The molecule has 1 N–H and O–H groups in total. The first-order chi connectivity index (χ1) is 9.31. The molecule has 1 aliphatic rings. The summed E-state index contributed by atoms with van der Waals surface area (Å²) in [6, 6.07) is 7.54. The highest BCUT2D eigenvalue weighted by molar-refractivity contribution is 5.95. The minimum atomic E-state index is -0.255. The number of hydrogen-bond acceptors (Lipinski definition) is 3. The third kappa shape index (κ3) is 3.85. The fraction of sp³-hybridized carbons (Fsp3) is 0.438. The van der Waals surface area contributed by atoms with Crippen LogP contribution >= 0.6 is 0 Å². The first-order valence-corrected chi connectivity index (χ1v) is 6.96. The summed E-state index contributed by atoms with van der Waals surface area (Å²) in [4.78, 5) is 11.8. The van der Waals surface area contributed by atoms with Gasteiger partial charge in [-0.25, -0.2) is 4.79 Å². The van der Waals surface area contributed by atoms with Gasteiger partial charge >= 0.3 is 5.97 Å². The number of para-hydroxylation sites is 1. The lowest BCUT2D eigenvalue weighted by atomic mass is 9.94. The summed E-state index contributed by atoms with van der Waals surface area (Å²) in [6.45, 7) is 3.13. The Hall–Kier alpha value is -1.77. The van der Waals surface area contributed by atoms with Gasteiger partial charge in [0, 0.05) is 12.2 Å². The molecule has 0 bridgehead atoms. The maximum absolute atomic E-state index is 11.8. The summed E-state index contributed by atoms with van der Waals surface area (Å²) < 4.78 is 5.07. The smallest absolute Gasteiger partial charge is 0.340 e. The fourth-order valence-electron chi connectivity index (χ4n) is 2.32. The monoisotopic (exact) mass is 259 g/mol. The summed E-state index contributed by atoms with van der Waals surface area (Å²) in [7, 11) is 0. The number of esters is 1. The highest BCUT2D eigenvalue weighted by Crippen LogP contribution is 2.21. The maximum atomic E-state index is 11.8. The van der Waals surface area contributed by atoms with Gasteiger partial charge in [-0.05, 0) is 44.2 Å². The number of rotatable bonds is 5. The van der Waals surface area contributed by atoms with Crippen molar-refractivity contribution in [3.8, 4) is 0 Å². The second-order valence-corrected chi connectivity index (χ2v) is 4.80. The van der Waals surface area contributed by atoms with Gasteiger partial charge in [-0.15, -0.1) is 0 Å². The normalized spacial score (nSPS) is 18.1. The Bertz CT molecular complexity index is 454. The third-order valence-corrected chi connectivity index (χ3v) is 3.38. The molecule has 1 aromatic carbocycles.